The summed E-state index contributed by atoms with van der Waals surface area (Å²) in [6.45, 7) is 2.66. The first-order chi connectivity index (χ1) is 16.3. The smallest absolute Gasteiger partial charge is 0.266 e. The Balaban J connectivity index is 1.75. The fourth-order valence-electron chi connectivity index (χ4n) is 2.93. The van der Waals surface area contributed by atoms with E-state index >= 15 is 0 Å². The second-order valence-corrected chi connectivity index (χ2v) is 9.46. The Morgan fingerprint density at radius 2 is 1.79 bits per heavy atom. The van der Waals surface area contributed by atoms with E-state index < -0.39 is 5.91 Å². The summed E-state index contributed by atoms with van der Waals surface area (Å²) in [4.78, 5) is 12.7. The number of anilines is 1. The summed E-state index contributed by atoms with van der Waals surface area (Å²) >= 11 is 19.0. The number of rotatable bonds is 8. The van der Waals surface area contributed by atoms with Crippen molar-refractivity contribution in [3.63, 3.8) is 0 Å². The lowest BCUT2D eigenvalue weighted by atomic mass is 10.1. The minimum atomic E-state index is -0.525. The Morgan fingerprint density at radius 1 is 1.06 bits per heavy atom. The van der Waals surface area contributed by atoms with Crippen LogP contribution >= 0.6 is 55.1 Å². The summed E-state index contributed by atoms with van der Waals surface area (Å²) in [6.07, 6.45) is 1.50. The molecule has 0 aliphatic heterocycles. The van der Waals surface area contributed by atoms with E-state index in [0.29, 0.717) is 48.3 Å². The molecule has 34 heavy (non-hydrogen) atoms. The van der Waals surface area contributed by atoms with E-state index in [1.807, 2.05) is 19.1 Å². The molecule has 0 aliphatic carbocycles. The maximum absolute atomic E-state index is 12.7. The molecule has 1 N–H and O–H groups in total. The Hall–Kier alpha value is -2.50. The molecule has 0 aromatic heterocycles. The molecule has 3 aromatic rings. The molecular weight excluding hydrogens is 607 g/mol. The zero-order chi connectivity index (χ0) is 24.7. The highest BCUT2D eigenvalue weighted by Crippen LogP contribution is 2.36. The number of carbonyl (C=O) groups excluding carboxylic acids is 1. The fraction of sp³-hybridized carbons (Fsp3) is 0.120. The van der Waals surface area contributed by atoms with Gasteiger partial charge in [0.05, 0.1) is 25.6 Å². The largest absolute Gasteiger partial charge is 0.494 e. The third-order valence-electron chi connectivity index (χ3n) is 4.47. The standard InChI is InChI=1S/C25H18Br2Cl2N2O3/c1-2-33-19-5-3-4-18(12-19)31-25(32)17(13-30)8-16-9-20(26)24(21(27)10-16)34-14-15-6-7-22(28)23(29)11-15/h3-12H,2,14H2,1H3,(H,31,32)/b17-8-. The minimum absolute atomic E-state index is 0.0508. The van der Waals surface area contributed by atoms with Crippen LogP contribution in [0.1, 0.15) is 18.1 Å². The van der Waals surface area contributed by atoms with Gasteiger partial charge in [-0.3, -0.25) is 4.79 Å². The molecule has 0 bridgehead atoms. The number of carbonyl (C=O) groups is 1. The van der Waals surface area contributed by atoms with Gasteiger partial charge in [-0.1, -0.05) is 35.3 Å². The summed E-state index contributed by atoms with van der Waals surface area (Å²) in [7, 11) is 0. The average Bonchev–Trinajstić information content (AvgIpc) is 2.79. The highest BCUT2D eigenvalue weighted by Gasteiger charge is 2.13. The third-order valence-corrected chi connectivity index (χ3v) is 6.38. The van der Waals surface area contributed by atoms with Gasteiger partial charge in [-0.05, 0) is 92.4 Å². The number of amides is 1. The minimum Gasteiger partial charge on any atom is -0.494 e. The van der Waals surface area contributed by atoms with Crippen molar-refractivity contribution in [2.75, 3.05) is 11.9 Å². The molecule has 0 fully saturated rings. The molecule has 0 aliphatic rings. The lowest BCUT2D eigenvalue weighted by Gasteiger charge is -2.12. The zero-order valence-corrected chi connectivity index (χ0v) is 22.6. The van der Waals surface area contributed by atoms with Gasteiger partial charge in [0.15, 0.2) is 0 Å². The first-order valence-electron chi connectivity index (χ1n) is 10.0. The molecule has 3 rings (SSSR count). The van der Waals surface area contributed by atoms with Crippen molar-refractivity contribution in [1.82, 2.24) is 0 Å². The summed E-state index contributed by atoms with van der Waals surface area (Å²) in [6, 6.07) is 17.7. The lowest BCUT2D eigenvalue weighted by molar-refractivity contribution is -0.112. The Labute approximate surface area is 224 Å². The van der Waals surface area contributed by atoms with Gasteiger partial charge in [0, 0.05) is 11.8 Å². The van der Waals surface area contributed by atoms with Gasteiger partial charge in [0.2, 0.25) is 0 Å². The number of ether oxygens (including phenoxy) is 2. The van der Waals surface area contributed by atoms with Gasteiger partial charge in [-0.15, -0.1) is 0 Å². The number of hydrogen-bond acceptors (Lipinski definition) is 4. The molecule has 1 amide bonds. The molecule has 0 radical (unpaired) electrons. The number of halogens is 4. The molecule has 3 aromatic carbocycles. The predicted molar refractivity (Wildman–Crippen MR) is 142 cm³/mol. The highest BCUT2D eigenvalue weighted by molar-refractivity contribution is 9.11. The topological polar surface area (TPSA) is 71.3 Å². The number of benzene rings is 3. The van der Waals surface area contributed by atoms with Gasteiger partial charge >= 0.3 is 0 Å². The first kappa shape index (κ1) is 26.1. The summed E-state index contributed by atoms with van der Waals surface area (Å²) in [5, 5.41) is 13.2. The molecule has 5 nitrogen and oxygen atoms in total. The zero-order valence-electron chi connectivity index (χ0n) is 17.9. The van der Waals surface area contributed by atoms with Crippen molar-refractivity contribution in [2.24, 2.45) is 0 Å². The van der Waals surface area contributed by atoms with Crippen molar-refractivity contribution in [3.8, 4) is 17.6 Å². The quantitative estimate of drug-likeness (QED) is 0.203. The Bertz CT molecular complexity index is 1270. The average molecular weight is 625 g/mol. The fourth-order valence-corrected chi connectivity index (χ4v) is 4.70. The van der Waals surface area contributed by atoms with Crippen LogP contribution in [0, 0.1) is 11.3 Å². The van der Waals surface area contributed by atoms with Crippen molar-refractivity contribution in [1.29, 1.82) is 5.26 Å². The van der Waals surface area contributed by atoms with E-state index in [-0.39, 0.29) is 12.2 Å². The molecular formula is C25H18Br2Cl2N2O3. The maximum atomic E-state index is 12.7. The van der Waals surface area contributed by atoms with Gasteiger partial charge in [-0.25, -0.2) is 0 Å². The monoisotopic (exact) mass is 622 g/mol. The number of nitrogens with one attached hydrogen (secondary N) is 1. The van der Waals surface area contributed by atoms with Crippen LogP contribution in [-0.4, -0.2) is 12.5 Å². The van der Waals surface area contributed by atoms with Gasteiger partial charge < -0.3 is 14.8 Å². The predicted octanol–water partition coefficient (Wildman–Crippen LogP) is 8.04. The molecule has 0 saturated heterocycles. The molecule has 0 atom stereocenters. The van der Waals surface area contributed by atoms with E-state index in [1.54, 1.807) is 48.5 Å². The number of hydrogen-bond donors (Lipinski definition) is 1. The molecule has 9 heteroatoms. The number of nitrogens with zero attached hydrogens (tertiary/aromatic N) is 1. The molecule has 0 unspecified atom stereocenters. The van der Waals surface area contributed by atoms with Crippen molar-refractivity contribution < 1.29 is 14.3 Å². The normalized spacial score (nSPS) is 11.0. The Kier molecular flexibility index (Phi) is 9.43. The molecule has 0 saturated carbocycles. The molecule has 0 heterocycles. The van der Waals surface area contributed by atoms with Crippen LogP contribution in [0.3, 0.4) is 0 Å². The summed E-state index contributed by atoms with van der Waals surface area (Å²) in [5.41, 5.74) is 1.97. The first-order valence-corrected chi connectivity index (χ1v) is 12.4. The second kappa shape index (κ2) is 12.3. The third kappa shape index (κ3) is 7.00. The van der Waals surface area contributed by atoms with Gasteiger partial charge in [-0.2, -0.15) is 5.26 Å². The van der Waals surface area contributed by atoms with Crippen LogP contribution < -0.4 is 14.8 Å². The van der Waals surface area contributed by atoms with E-state index in [0.717, 1.165) is 5.56 Å². The summed E-state index contributed by atoms with van der Waals surface area (Å²) < 4.78 is 12.7. The van der Waals surface area contributed by atoms with Crippen LogP contribution in [0.5, 0.6) is 11.5 Å². The van der Waals surface area contributed by atoms with E-state index in [4.69, 9.17) is 32.7 Å². The van der Waals surface area contributed by atoms with Crippen LogP contribution in [0.4, 0.5) is 5.69 Å². The van der Waals surface area contributed by atoms with E-state index in [2.05, 4.69) is 37.2 Å². The lowest BCUT2D eigenvalue weighted by Crippen LogP contribution is -2.13. The van der Waals surface area contributed by atoms with E-state index in [1.165, 1.54) is 6.08 Å². The van der Waals surface area contributed by atoms with Gasteiger partial charge in [0.25, 0.3) is 5.91 Å². The Morgan fingerprint density at radius 3 is 2.44 bits per heavy atom. The SMILES string of the molecule is CCOc1cccc(NC(=O)/C(C#N)=C\c2cc(Br)c(OCc3ccc(Cl)c(Cl)c3)c(Br)c2)c1. The maximum Gasteiger partial charge on any atom is 0.266 e. The van der Waals surface area contributed by atoms with Crippen LogP contribution in [0.25, 0.3) is 6.08 Å². The molecule has 174 valence electrons. The van der Waals surface area contributed by atoms with Crippen molar-refractivity contribution in [2.45, 2.75) is 13.5 Å². The summed E-state index contributed by atoms with van der Waals surface area (Å²) in [5.74, 6) is 0.675. The molecule has 0 spiro atoms. The van der Waals surface area contributed by atoms with Crippen LogP contribution in [0.15, 0.2) is 69.1 Å². The van der Waals surface area contributed by atoms with Crippen LogP contribution in [-0.2, 0) is 11.4 Å². The van der Waals surface area contributed by atoms with Gasteiger partial charge in [0.1, 0.15) is 29.7 Å². The van der Waals surface area contributed by atoms with Crippen LogP contribution in [0.2, 0.25) is 10.0 Å². The second-order valence-electron chi connectivity index (χ2n) is 6.94. The highest BCUT2D eigenvalue weighted by atomic mass is 79.9. The van der Waals surface area contributed by atoms with Crippen molar-refractivity contribution in [3.05, 3.63) is 90.3 Å². The van der Waals surface area contributed by atoms with Crippen molar-refractivity contribution >= 4 is 72.7 Å². The number of nitriles is 1. The van der Waals surface area contributed by atoms with E-state index in [9.17, 15) is 10.1 Å².